The predicted molar refractivity (Wildman–Crippen MR) is 74.0 cm³/mol. The smallest absolute Gasteiger partial charge is 0.109 e. The lowest BCUT2D eigenvalue weighted by atomic mass is 9.78. The number of rotatable bonds is 6. The molecule has 100 valence electrons. The summed E-state index contributed by atoms with van der Waals surface area (Å²) < 4.78 is 5.72. The van der Waals surface area contributed by atoms with Gasteiger partial charge in [-0.2, -0.15) is 0 Å². The summed E-state index contributed by atoms with van der Waals surface area (Å²) >= 11 is 0. The van der Waals surface area contributed by atoms with Gasteiger partial charge < -0.3 is 10.1 Å². The Morgan fingerprint density at radius 2 is 2.12 bits per heavy atom. The quantitative estimate of drug-likeness (QED) is 0.762. The summed E-state index contributed by atoms with van der Waals surface area (Å²) in [5.41, 5.74) is 0.366. The Morgan fingerprint density at radius 1 is 1.41 bits per heavy atom. The molecule has 0 spiro atoms. The van der Waals surface area contributed by atoms with Crippen LogP contribution in [0, 0.1) is 11.3 Å². The highest BCUT2D eigenvalue weighted by Crippen LogP contribution is 2.31. The second-order valence-corrected chi connectivity index (χ2v) is 6.25. The maximum Gasteiger partial charge on any atom is 0.109 e. The summed E-state index contributed by atoms with van der Waals surface area (Å²) in [6, 6.07) is 0.409. The van der Waals surface area contributed by atoms with E-state index in [-0.39, 0.29) is 0 Å². The molecule has 0 saturated heterocycles. The van der Waals surface area contributed by atoms with E-state index in [1.54, 1.807) is 0 Å². The van der Waals surface area contributed by atoms with E-state index >= 15 is 0 Å². The molecule has 0 radical (unpaired) electrons. The zero-order chi connectivity index (χ0) is 12.9. The van der Waals surface area contributed by atoms with E-state index in [9.17, 15) is 0 Å². The van der Waals surface area contributed by atoms with Crippen molar-refractivity contribution in [1.29, 1.82) is 0 Å². The molecule has 0 fully saturated rings. The van der Waals surface area contributed by atoms with Gasteiger partial charge in [0.15, 0.2) is 0 Å². The van der Waals surface area contributed by atoms with Crippen molar-refractivity contribution in [3.05, 3.63) is 11.8 Å². The number of nitrogens with one attached hydrogen (secondary N) is 1. The van der Waals surface area contributed by atoms with Gasteiger partial charge in [0.05, 0.1) is 12.6 Å². The highest BCUT2D eigenvalue weighted by atomic mass is 16.5. The van der Waals surface area contributed by atoms with Crippen LogP contribution in [0.25, 0.3) is 0 Å². The lowest BCUT2D eigenvalue weighted by Gasteiger charge is -2.31. The highest BCUT2D eigenvalue weighted by Gasteiger charge is 2.26. The Balaban J connectivity index is 2.57. The van der Waals surface area contributed by atoms with Crippen molar-refractivity contribution < 1.29 is 4.74 Å². The van der Waals surface area contributed by atoms with Crippen molar-refractivity contribution in [2.45, 2.75) is 59.9 Å². The van der Waals surface area contributed by atoms with Crippen LogP contribution >= 0.6 is 0 Å². The molecule has 2 unspecified atom stereocenters. The molecule has 1 aliphatic heterocycles. The van der Waals surface area contributed by atoms with E-state index < -0.39 is 0 Å². The summed E-state index contributed by atoms with van der Waals surface area (Å²) in [5.74, 6) is 1.86. The fourth-order valence-corrected chi connectivity index (χ4v) is 2.01. The third-order valence-electron chi connectivity index (χ3n) is 3.78. The average Bonchev–Trinajstić information content (AvgIpc) is 2.75. The topological polar surface area (TPSA) is 21.3 Å². The lowest BCUT2D eigenvalue weighted by molar-refractivity contribution is 0.178. The zero-order valence-corrected chi connectivity index (χ0v) is 12.2. The van der Waals surface area contributed by atoms with Crippen LogP contribution in [0.1, 0.15) is 53.9 Å². The molecular formula is C15H29NO. The number of hydrogen-bond donors (Lipinski definition) is 1. The Kier molecular flexibility index (Phi) is 5.51. The first kappa shape index (κ1) is 14.6. The Labute approximate surface area is 107 Å². The Bertz CT molecular complexity index is 252. The first-order chi connectivity index (χ1) is 7.95. The molecule has 2 atom stereocenters. The fourth-order valence-electron chi connectivity index (χ4n) is 2.01. The normalized spacial score (nSPS) is 19.7. The number of hydrogen-bond acceptors (Lipinski definition) is 2. The first-order valence-corrected chi connectivity index (χ1v) is 7.01. The minimum absolute atomic E-state index is 0.366. The molecule has 0 bridgehead atoms. The largest absolute Gasteiger partial charge is 0.496 e. The fraction of sp³-hybridized carbons (Fsp3) is 0.867. The van der Waals surface area contributed by atoms with Crippen LogP contribution in [0.4, 0.5) is 0 Å². The van der Waals surface area contributed by atoms with Gasteiger partial charge >= 0.3 is 0 Å². The molecule has 1 heterocycles. The highest BCUT2D eigenvalue weighted by molar-refractivity contribution is 5.07. The molecule has 1 N–H and O–H groups in total. The molecule has 2 heteroatoms. The van der Waals surface area contributed by atoms with Crippen LogP contribution < -0.4 is 5.32 Å². The molecule has 0 aliphatic carbocycles. The van der Waals surface area contributed by atoms with Gasteiger partial charge in [0.2, 0.25) is 0 Å². The molecule has 0 aromatic rings. The van der Waals surface area contributed by atoms with Gasteiger partial charge in [-0.25, -0.2) is 0 Å². The van der Waals surface area contributed by atoms with E-state index in [2.05, 4.69) is 46.0 Å². The molecule has 0 amide bonds. The third kappa shape index (κ3) is 4.71. The van der Waals surface area contributed by atoms with Crippen LogP contribution in [0.5, 0.6) is 0 Å². The van der Waals surface area contributed by atoms with E-state index in [0.717, 1.165) is 26.0 Å². The van der Waals surface area contributed by atoms with Crippen molar-refractivity contribution in [2.75, 3.05) is 13.2 Å². The summed E-state index contributed by atoms with van der Waals surface area (Å²) in [6.45, 7) is 13.4. The predicted octanol–water partition coefficient (Wildman–Crippen LogP) is 3.73. The summed E-state index contributed by atoms with van der Waals surface area (Å²) in [7, 11) is 0. The minimum Gasteiger partial charge on any atom is -0.496 e. The molecule has 0 saturated carbocycles. The van der Waals surface area contributed by atoms with Crippen LogP contribution in [0.15, 0.2) is 11.8 Å². The molecule has 2 nitrogen and oxygen atoms in total. The second kappa shape index (κ2) is 6.44. The van der Waals surface area contributed by atoms with Crippen molar-refractivity contribution in [3.8, 4) is 0 Å². The standard InChI is InChI=1S/C15H29NO/c1-6-9-16-13(14-8-7-10-17-14)11-12(2)15(3,4)5/h8,12-13,16H,6-7,9-11H2,1-5H3. The first-order valence-electron chi connectivity index (χ1n) is 7.01. The van der Waals surface area contributed by atoms with Crippen molar-refractivity contribution in [2.24, 2.45) is 11.3 Å². The maximum atomic E-state index is 5.72. The van der Waals surface area contributed by atoms with Gasteiger partial charge in [0.25, 0.3) is 0 Å². The molecule has 0 aromatic heterocycles. The van der Waals surface area contributed by atoms with Crippen molar-refractivity contribution >= 4 is 0 Å². The van der Waals surface area contributed by atoms with Crippen LogP contribution in [0.2, 0.25) is 0 Å². The van der Waals surface area contributed by atoms with E-state index in [4.69, 9.17) is 4.74 Å². The van der Waals surface area contributed by atoms with Gasteiger partial charge in [0.1, 0.15) is 5.76 Å². The molecular weight excluding hydrogens is 210 g/mol. The van der Waals surface area contributed by atoms with Gasteiger partial charge in [-0.1, -0.05) is 34.6 Å². The van der Waals surface area contributed by atoms with Crippen LogP contribution in [0.3, 0.4) is 0 Å². The SMILES string of the molecule is CCCNC(CC(C)C(C)(C)C)C1=CCCO1. The lowest BCUT2D eigenvalue weighted by Crippen LogP contribution is -2.35. The second-order valence-electron chi connectivity index (χ2n) is 6.25. The van der Waals surface area contributed by atoms with Crippen LogP contribution in [-0.2, 0) is 4.74 Å². The summed E-state index contributed by atoms with van der Waals surface area (Å²) in [6.07, 6.45) is 5.66. The van der Waals surface area contributed by atoms with Gasteiger partial charge in [0, 0.05) is 6.42 Å². The molecule has 1 rings (SSSR count). The summed E-state index contributed by atoms with van der Waals surface area (Å²) in [5, 5.41) is 3.62. The zero-order valence-electron chi connectivity index (χ0n) is 12.2. The monoisotopic (exact) mass is 239 g/mol. The van der Waals surface area contributed by atoms with Crippen molar-refractivity contribution in [1.82, 2.24) is 5.32 Å². The number of ether oxygens (including phenoxy) is 1. The van der Waals surface area contributed by atoms with Gasteiger partial charge in [-0.05, 0) is 36.8 Å². The van der Waals surface area contributed by atoms with Crippen molar-refractivity contribution in [3.63, 3.8) is 0 Å². The minimum atomic E-state index is 0.366. The molecule has 0 aromatic carbocycles. The van der Waals surface area contributed by atoms with E-state index in [1.807, 2.05) is 0 Å². The third-order valence-corrected chi connectivity index (χ3v) is 3.78. The maximum absolute atomic E-state index is 5.72. The van der Waals surface area contributed by atoms with E-state index in [0.29, 0.717) is 17.4 Å². The molecule has 1 aliphatic rings. The Hall–Kier alpha value is -0.500. The van der Waals surface area contributed by atoms with E-state index in [1.165, 1.54) is 12.2 Å². The van der Waals surface area contributed by atoms with Crippen LogP contribution in [-0.4, -0.2) is 19.2 Å². The molecule has 17 heavy (non-hydrogen) atoms. The Morgan fingerprint density at radius 3 is 2.59 bits per heavy atom. The summed E-state index contributed by atoms with van der Waals surface area (Å²) in [4.78, 5) is 0. The van der Waals surface area contributed by atoms with Gasteiger partial charge in [-0.3, -0.25) is 0 Å². The average molecular weight is 239 g/mol. The van der Waals surface area contributed by atoms with Gasteiger partial charge in [-0.15, -0.1) is 0 Å².